The van der Waals surface area contributed by atoms with E-state index in [1.54, 1.807) is 13.0 Å². The largest absolute Gasteiger partial charge is 0.573 e. The molecule has 1 fully saturated rings. The number of hydrogen-bond donors (Lipinski definition) is 1. The van der Waals surface area contributed by atoms with Crippen LogP contribution in [-0.2, 0) is 4.79 Å². The lowest BCUT2D eigenvalue weighted by Crippen LogP contribution is -2.32. The van der Waals surface area contributed by atoms with Crippen LogP contribution in [0.2, 0.25) is 0 Å². The summed E-state index contributed by atoms with van der Waals surface area (Å²) >= 11 is 1.22. The zero-order valence-corrected chi connectivity index (χ0v) is 25.0. The SMILES string of the molecule is C/C(=C\c1ccc(-c2ncn(-c3ccc(OC(F)(F)F)cc3)n2)cc1)NC(=O)/N=C1\SCC(=O)N1c1c(C)cc(C)cc1C. The van der Waals surface area contributed by atoms with E-state index in [0.29, 0.717) is 22.4 Å². The minimum absolute atomic E-state index is 0.128. The van der Waals surface area contributed by atoms with Crippen LogP contribution in [0.25, 0.3) is 23.2 Å². The lowest BCUT2D eigenvalue weighted by molar-refractivity contribution is -0.274. The molecule has 1 aliphatic heterocycles. The van der Waals surface area contributed by atoms with Crippen LogP contribution in [0.1, 0.15) is 29.2 Å². The van der Waals surface area contributed by atoms with Crippen molar-refractivity contribution in [1.82, 2.24) is 20.1 Å². The van der Waals surface area contributed by atoms with E-state index < -0.39 is 12.4 Å². The van der Waals surface area contributed by atoms with Crippen LogP contribution in [0.15, 0.2) is 77.7 Å². The Bertz CT molecular complexity index is 1760. The van der Waals surface area contributed by atoms with Gasteiger partial charge in [-0.2, -0.15) is 4.99 Å². The van der Waals surface area contributed by atoms with Gasteiger partial charge in [-0.1, -0.05) is 53.7 Å². The quantitative estimate of drug-likeness (QED) is 0.250. The van der Waals surface area contributed by atoms with Gasteiger partial charge in [0.05, 0.1) is 17.1 Å². The number of benzene rings is 3. The second-order valence-electron chi connectivity index (χ2n) is 10.1. The summed E-state index contributed by atoms with van der Waals surface area (Å²) in [6.45, 7) is 7.59. The topological polar surface area (TPSA) is 102 Å². The first-order valence-corrected chi connectivity index (χ1v) is 14.3. The van der Waals surface area contributed by atoms with Gasteiger partial charge >= 0.3 is 12.4 Å². The molecule has 0 unspecified atom stereocenters. The summed E-state index contributed by atoms with van der Waals surface area (Å²) in [6, 6.07) is 16.0. The molecule has 1 N–H and O–H groups in total. The molecule has 0 aliphatic carbocycles. The predicted molar refractivity (Wildman–Crippen MR) is 164 cm³/mol. The number of nitrogens with one attached hydrogen (secondary N) is 1. The molecule has 44 heavy (non-hydrogen) atoms. The molecule has 1 aromatic heterocycles. The molecule has 0 saturated carbocycles. The van der Waals surface area contributed by atoms with Crippen LogP contribution in [0.4, 0.5) is 23.7 Å². The van der Waals surface area contributed by atoms with Gasteiger partial charge < -0.3 is 10.1 Å². The number of anilines is 1. The molecular formula is C31H27F3N6O3S. The number of aryl methyl sites for hydroxylation is 3. The monoisotopic (exact) mass is 620 g/mol. The molecule has 2 heterocycles. The standard InChI is InChI=1S/C31H27F3N6O3S/c1-18-13-19(2)27(20(3)14-18)40-26(41)16-44-30(40)37-29(42)36-21(4)15-22-5-7-23(8-6-22)28-35-17-39(38-28)24-9-11-25(12-10-24)43-31(32,33)34/h5-15,17H,16H2,1-4H3,(H,36,42)/b21-15+,37-30-. The van der Waals surface area contributed by atoms with Gasteiger partial charge in [0.15, 0.2) is 11.0 Å². The van der Waals surface area contributed by atoms with Gasteiger partial charge in [-0.25, -0.2) is 14.5 Å². The summed E-state index contributed by atoms with van der Waals surface area (Å²) in [5.74, 6) is 0.170. The van der Waals surface area contributed by atoms with E-state index in [9.17, 15) is 22.8 Å². The fourth-order valence-electron chi connectivity index (χ4n) is 4.81. The van der Waals surface area contributed by atoms with Gasteiger partial charge in [0.25, 0.3) is 0 Å². The van der Waals surface area contributed by atoms with Crippen molar-refractivity contribution in [3.05, 3.63) is 94.9 Å². The lowest BCUT2D eigenvalue weighted by Gasteiger charge is -2.21. The van der Waals surface area contributed by atoms with E-state index in [2.05, 4.69) is 25.1 Å². The number of ether oxygens (including phenoxy) is 1. The van der Waals surface area contributed by atoms with Crippen molar-refractivity contribution < 1.29 is 27.5 Å². The number of carbonyl (C=O) groups is 2. The zero-order chi connectivity index (χ0) is 31.6. The molecule has 226 valence electrons. The summed E-state index contributed by atoms with van der Waals surface area (Å²) in [5.41, 5.74) is 6.29. The molecule has 0 spiro atoms. The number of nitrogens with zero attached hydrogens (tertiary/aromatic N) is 5. The van der Waals surface area contributed by atoms with Crippen LogP contribution >= 0.6 is 11.8 Å². The summed E-state index contributed by atoms with van der Waals surface area (Å²) in [5, 5.41) is 7.49. The highest BCUT2D eigenvalue weighted by Crippen LogP contribution is 2.33. The lowest BCUT2D eigenvalue weighted by atomic mass is 10.0. The van der Waals surface area contributed by atoms with Crippen molar-refractivity contribution in [2.24, 2.45) is 4.99 Å². The Balaban J connectivity index is 1.24. The van der Waals surface area contributed by atoms with Gasteiger partial charge in [-0.15, -0.1) is 18.3 Å². The summed E-state index contributed by atoms with van der Waals surface area (Å²) in [7, 11) is 0. The summed E-state index contributed by atoms with van der Waals surface area (Å²) in [6.07, 6.45) is -1.53. The molecule has 0 radical (unpaired) electrons. The van der Waals surface area contributed by atoms with Crippen molar-refractivity contribution in [1.29, 1.82) is 0 Å². The van der Waals surface area contributed by atoms with E-state index in [1.807, 2.05) is 57.2 Å². The maximum Gasteiger partial charge on any atom is 0.573 e. The van der Waals surface area contributed by atoms with Crippen molar-refractivity contribution in [3.63, 3.8) is 0 Å². The fourth-order valence-corrected chi connectivity index (χ4v) is 5.66. The number of allylic oxidation sites excluding steroid dienone is 1. The fraction of sp³-hybridized carbons (Fsp3) is 0.194. The molecule has 1 aliphatic rings. The van der Waals surface area contributed by atoms with Gasteiger partial charge in [0.1, 0.15) is 12.1 Å². The molecule has 4 aromatic rings. The maximum absolute atomic E-state index is 12.8. The average Bonchev–Trinajstić information content (AvgIpc) is 3.56. The second-order valence-corrected chi connectivity index (χ2v) is 11.0. The third-order valence-corrected chi connectivity index (χ3v) is 7.43. The van der Waals surface area contributed by atoms with Gasteiger partial charge in [-0.3, -0.25) is 9.69 Å². The number of aliphatic imine (C=N–C) groups is 1. The molecule has 3 amide bonds. The van der Waals surface area contributed by atoms with Crippen molar-refractivity contribution in [2.45, 2.75) is 34.1 Å². The van der Waals surface area contributed by atoms with E-state index >= 15 is 0 Å². The van der Waals surface area contributed by atoms with E-state index in [0.717, 1.165) is 33.5 Å². The maximum atomic E-state index is 12.8. The number of amidine groups is 1. The van der Waals surface area contributed by atoms with Crippen LogP contribution in [-0.4, -0.2) is 44.0 Å². The number of carbonyl (C=O) groups excluding carboxylic acids is 2. The minimum atomic E-state index is -4.76. The Kier molecular flexibility index (Phi) is 8.59. The number of hydrogen-bond acceptors (Lipinski definition) is 6. The van der Waals surface area contributed by atoms with Crippen LogP contribution < -0.4 is 15.0 Å². The number of halogens is 3. The van der Waals surface area contributed by atoms with Gasteiger partial charge in [0, 0.05) is 11.3 Å². The Morgan fingerprint density at radius 2 is 1.70 bits per heavy atom. The average molecular weight is 621 g/mol. The molecule has 0 atom stereocenters. The number of amides is 3. The molecule has 1 saturated heterocycles. The number of aromatic nitrogens is 3. The third kappa shape index (κ3) is 7.17. The summed E-state index contributed by atoms with van der Waals surface area (Å²) < 4.78 is 42.6. The van der Waals surface area contributed by atoms with Gasteiger partial charge in [0.2, 0.25) is 5.91 Å². The Hall–Kier alpha value is -4.91. The number of urea groups is 1. The molecule has 3 aromatic carbocycles. The Labute approximate surface area is 255 Å². The van der Waals surface area contributed by atoms with Crippen molar-refractivity contribution >= 4 is 40.6 Å². The smallest absolute Gasteiger partial charge is 0.406 e. The molecule has 9 nitrogen and oxygen atoms in total. The second kappa shape index (κ2) is 12.4. The minimum Gasteiger partial charge on any atom is -0.406 e. The van der Waals surface area contributed by atoms with Crippen LogP contribution in [0.5, 0.6) is 5.75 Å². The highest BCUT2D eigenvalue weighted by Gasteiger charge is 2.33. The predicted octanol–water partition coefficient (Wildman–Crippen LogP) is 6.96. The van der Waals surface area contributed by atoms with E-state index in [1.165, 1.54) is 51.9 Å². The number of alkyl halides is 3. The highest BCUT2D eigenvalue weighted by atomic mass is 32.2. The van der Waals surface area contributed by atoms with Crippen LogP contribution in [0.3, 0.4) is 0 Å². The number of thioether (sulfide) groups is 1. The number of rotatable bonds is 6. The highest BCUT2D eigenvalue weighted by molar-refractivity contribution is 8.15. The Morgan fingerprint density at radius 3 is 2.34 bits per heavy atom. The van der Waals surface area contributed by atoms with Crippen LogP contribution in [0, 0.1) is 20.8 Å². The molecule has 0 bridgehead atoms. The van der Waals surface area contributed by atoms with Crippen molar-refractivity contribution in [3.8, 4) is 22.8 Å². The molecular weight excluding hydrogens is 593 g/mol. The first-order valence-electron chi connectivity index (χ1n) is 13.4. The van der Waals surface area contributed by atoms with Crippen molar-refractivity contribution in [2.75, 3.05) is 10.7 Å². The van der Waals surface area contributed by atoms with E-state index in [4.69, 9.17) is 0 Å². The third-order valence-electron chi connectivity index (χ3n) is 6.50. The first kappa shape index (κ1) is 30.5. The first-order chi connectivity index (χ1) is 20.9. The summed E-state index contributed by atoms with van der Waals surface area (Å²) in [4.78, 5) is 35.5. The molecule has 13 heteroatoms. The van der Waals surface area contributed by atoms with Gasteiger partial charge in [-0.05, 0) is 74.7 Å². The normalized spacial score (nSPS) is 14.8. The zero-order valence-electron chi connectivity index (χ0n) is 24.1. The van der Waals surface area contributed by atoms with E-state index in [-0.39, 0.29) is 17.4 Å². The molecule has 5 rings (SSSR count). The Morgan fingerprint density at radius 1 is 1.05 bits per heavy atom.